The molecular weight excluding hydrogens is 196 g/mol. The summed E-state index contributed by atoms with van der Waals surface area (Å²) >= 11 is 0. The number of rotatable bonds is 2. The first-order valence-electron chi connectivity index (χ1n) is 4.23. The van der Waals surface area contributed by atoms with Crippen LogP contribution in [-0.2, 0) is 16.1 Å². The molecule has 1 rings (SSSR count). The highest BCUT2D eigenvalue weighted by molar-refractivity contribution is 5.64. The molecular formula is C10H14N2O3. The van der Waals surface area contributed by atoms with Crippen molar-refractivity contribution in [3.8, 4) is 0 Å². The Kier molecular flexibility index (Phi) is 6.37. The molecule has 0 saturated heterocycles. The van der Waals surface area contributed by atoms with Crippen LogP contribution in [0.25, 0.3) is 0 Å². The zero-order valence-corrected chi connectivity index (χ0v) is 8.47. The van der Waals surface area contributed by atoms with Crippen molar-refractivity contribution >= 4 is 12.5 Å². The van der Waals surface area contributed by atoms with E-state index >= 15 is 0 Å². The molecule has 4 N–H and O–H groups in total. The standard InChI is InChI=1S/C9H11NO2.CH3NO/c1-7-2-4-8(5-3-7)6-12-9(10)11;2-1-3/h2-5H,6H2,1H3,(H2,10,11);1H,(H2,2,3). The van der Waals surface area contributed by atoms with Crippen LogP contribution in [-0.4, -0.2) is 12.5 Å². The van der Waals surface area contributed by atoms with Crippen molar-refractivity contribution in [2.75, 3.05) is 0 Å². The SMILES string of the molecule is Cc1ccc(COC(N)=O)cc1.NC=O. The van der Waals surface area contributed by atoms with E-state index in [4.69, 9.17) is 10.5 Å². The van der Waals surface area contributed by atoms with Crippen LogP contribution in [0.3, 0.4) is 0 Å². The second-order valence-electron chi connectivity index (χ2n) is 2.73. The number of aryl methyl sites for hydroxylation is 1. The molecule has 0 fully saturated rings. The van der Waals surface area contributed by atoms with Gasteiger partial charge in [-0.05, 0) is 12.5 Å². The van der Waals surface area contributed by atoms with Crippen LogP contribution in [0.5, 0.6) is 0 Å². The number of carbonyl (C=O) groups is 2. The third-order valence-corrected chi connectivity index (χ3v) is 1.50. The molecule has 5 nitrogen and oxygen atoms in total. The lowest BCUT2D eigenvalue weighted by Gasteiger charge is -2.01. The molecule has 0 spiro atoms. The van der Waals surface area contributed by atoms with Gasteiger partial charge in [-0.15, -0.1) is 0 Å². The summed E-state index contributed by atoms with van der Waals surface area (Å²) in [4.78, 5) is 18.8. The van der Waals surface area contributed by atoms with Gasteiger partial charge in [-0.2, -0.15) is 0 Å². The number of carbonyl (C=O) groups excluding carboxylic acids is 2. The molecule has 0 aliphatic rings. The summed E-state index contributed by atoms with van der Waals surface area (Å²) in [5.41, 5.74) is 11.1. The smallest absolute Gasteiger partial charge is 0.404 e. The molecule has 1 aromatic carbocycles. The first-order chi connectivity index (χ1) is 7.10. The number of primary amides is 2. The Balaban J connectivity index is 0.000000583. The van der Waals surface area contributed by atoms with Crippen LogP contribution in [0.2, 0.25) is 0 Å². The molecule has 0 atom stereocenters. The van der Waals surface area contributed by atoms with E-state index in [0.29, 0.717) is 0 Å². The molecule has 0 saturated carbocycles. The molecule has 0 unspecified atom stereocenters. The highest BCUT2D eigenvalue weighted by Gasteiger charge is 1.95. The zero-order valence-electron chi connectivity index (χ0n) is 8.47. The van der Waals surface area contributed by atoms with E-state index in [9.17, 15) is 4.79 Å². The van der Waals surface area contributed by atoms with Gasteiger partial charge in [-0.25, -0.2) is 4.79 Å². The van der Waals surface area contributed by atoms with Crippen LogP contribution in [0.15, 0.2) is 24.3 Å². The summed E-state index contributed by atoms with van der Waals surface area (Å²) in [5, 5.41) is 0. The fraction of sp³-hybridized carbons (Fsp3) is 0.200. The minimum atomic E-state index is -0.740. The number of ether oxygens (including phenoxy) is 1. The number of nitrogens with two attached hydrogens (primary N) is 2. The Labute approximate surface area is 88.0 Å². The predicted octanol–water partition coefficient (Wildman–Crippen LogP) is 0.692. The first kappa shape index (κ1) is 13.0. The van der Waals surface area contributed by atoms with Gasteiger partial charge in [0.05, 0.1) is 0 Å². The summed E-state index contributed by atoms with van der Waals surface area (Å²) in [7, 11) is 0. The van der Waals surface area contributed by atoms with Gasteiger partial charge in [-0.3, -0.25) is 4.79 Å². The first-order valence-corrected chi connectivity index (χ1v) is 4.23. The monoisotopic (exact) mass is 210 g/mol. The highest BCUT2D eigenvalue weighted by Crippen LogP contribution is 2.03. The van der Waals surface area contributed by atoms with E-state index in [-0.39, 0.29) is 13.0 Å². The molecule has 0 aliphatic carbocycles. The molecule has 15 heavy (non-hydrogen) atoms. The van der Waals surface area contributed by atoms with Gasteiger partial charge in [0.15, 0.2) is 0 Å². The second kappa shape index (κ2) is 7.37. The molecule has 0 heterocycles. The summed E-state index contributed by atoms with van der Waals surface area (Å²) in [6, 6.07) is 7.72. The number of hydrogen-bond donors (Lipinski definition) is 2. The number of benzene rings is 1. The Morgan fingerprint density at radius 1 is 1.40 bits per heavy atom. The average molecular weight is 210 g/mol. The summed E-state index contributed by atoms with van der Waals surface area (Å²) < 4.78 is 4.61. The maximum absolute atomic E-state index is 10.2. The molecule has 2 amide bonds. The molecule has 1 aromatic rings. The highest BCUT2D eigenvalue weighted by atomic mass is 16.5. The third-order valence-electron chi connectivity index (χ3n) is 1.50. The molecule has 0 bridgehead atoms. The van der Waals surface area contributed by atoms with E-state index in [2.05, 4.69) is 10.5 Å². The maximum atomic E-state index is 10.2. The van der Waals surface area contributed by atoms with E-state index in [1.807, 2.05) is 31.2 Å². The van der Waals surface area contributed by atoms with Crippen LogP contribution in [0.1, 0.15) is 11.1 Å². The average Bonchev–Trinajstić information content (AvgIpc) is 2.18. The molecule has 0 radical (unpaired) electrons. The van der Waals surface area contributed by atoms with Gasteiger partial charge in [0.25, 0.3) is 0 Å². The summed E-state index contributed by atoms with van der Waals surface area (Å²) in [6.45, 7) is 2.24. The van der Waals surface area contributed by atoms with Crippen molar-refractivity contribution in [3.63, 3.8) is 0 Å². The van der Waals surface area contributed by atoms with Gasteiger partial charge >= 0.3 is 6.09 Å². The lowest BCUT2D eigenvalue weighted by atomic mass is 10.2. The fourth-order valence-electron chi connectivity index (χ4n) is 0.839. The third kappa shape index (κ3) is 7.06. The van der Waals surface area contributed by atoms with Gasteiger partial charge in [0, 0.05) is 0 Å². The van der Waals surface area contributed by atoms with E-state index in [1.54, 1.807) is 0 Å². The molecule has 0 aromatic heterocycles. The Hall–Kier alpha value is -2.04. The number of hydrogen-bond acceptors (Lipinski definition) is 3. The Morgan fingerprint density at radius 2 is 1.87 bits per heavy atom. The van der Waals surface area contributed by atoms with E-state index < -0.39 is 6.09 Å². The molecule has 0 aliphatic heterocycles. The quantitative estimate of drug-likeness (QED) is 0.703. The van der Waals surface area contributed by atoms with Crippen LogP contribution in [0.4, 0.5) is 4.79 Å². The largest absolute Gasteiger partial charge is 0.445 e. The fourth-order valence-corrected chi connectivity index (χ4v) is 0.839. The predicted molar refractivity (Wildman–Crippen MR) is 55.8 cm³/mol. The summed E-state index contributed by atoms with van der Waals surface area (Å²) in [5.74, 6) is 0. The van der Waals surface area contributed by atoms with Gasteiger partial charge < -0.3 is 16.2 Å². The lowest BCUT2D eigenvalue weighted by Crippen LogP contribution is -2.12. The Morgan fingerprint density at radius 3 is 2.27 bits per heavy atom. The molecule has 82 valence electrons. The van der Waals surface area contributed by atoms with Crippen molar-refractivity contribution in [2.45, 2.75) is 13.5 Å². The van der Waals surface area contributed by atoms with Crippen molar-refractivity contribution < 1.29 is 14.3 Å². The van der Waals surface area contributed by atoms with Crippen molar-refractivity contribution in [1.82, 2.24) is 0 Å². The molecule has 5 heteroatoms. The zero-order chi connectivity index (χ0) is 11.7. The van der Waals surface area contributed by atoms with Gasteiger partial charge in [-0.1, -0.05) is 29.8 Å². The van der Waals surface area contributed by atoms with Crippen LogP contribution < -0.4 is 11.5 Å². The minimum Gasteiger partial charge on any atom is -0.445 e. The summed E-state index contributed by atoms with van der Waals surface area (Å²) in [6.07, 6.45) is -0.490. The minimum absolute atomic E-state index is 0.246. The van der Waals surface area contributed by atoms with E-state index in [1.165, 1.54) is 5.56 Å². The Bertz CT molecular complexity index is 309. The van der Waals surface area contributed by atoms with Gasteiger partial charge in [0.1, 0.15) is 6.61 Å². The maximum Gasteiger partial charge on any atom is 0.404 e. The van der Waals surface area contributed by atoms with Crippen LogP contribution in [0, 0.1) is 6.92 Å². The second-order valence-corrected chi connectivity index (χ2v) is 2.73. The van der Waals surface area contributed by atoms with Crippen molar-refractivity contribution in [2.24, 2.45) is 11.5 Å². The normalized spacial score (nSPS) is 8.33. The number of amides is 2. The van der Waals surface area contributed by atoms with Gasteiger partial charge in [0.2, 0.25) is 6.41 Å². The topological polar surface area (TPSA) is 95.4 Å². The van der Waals surface area contributed by atoms with Crippen molar-refractivity contribution in [1.29, 1.82) is 0 Å². The lowest BCUT2D eigenvalue weighted by molar-refractivity contribution is -0.106. The van der Waals surface area contributed by atoms with E-state index in [0.717, 1.165) is 5.56 Å². The van der Waals surface area contributed by atoms with Crippen LogP contribution >= 0.6 is 0 Å². The van der Waals surface area contributed by atoms with Crippen molar-refractivity contribution in [3.05, 3.63) is 35.4 Å².